The van der Waals surface area contributed by atoms with Crippen molar-refractivity contribution in [2.75, 3.05) is 11.9 Å². The van der Waals surface area contributed by atoms with Crippen molar-refractivity contribution in [2.24, 2.45) is 0 Å². The Morgan fingerprint density at radius 3 is 3.38 bits per heavy atom. The van der Waals surface area contributed by atoms with E-state index in [9.17, 15) is 0 Å². The fourth-order valence-corrected chi connectivity index (χ4v) is 1.72. The molecule has 0 amide bonds. The Hall–Kier alpha value is -1.16. The first-order chi connectivity index (χ1) is 6.42. The summed E-state index contributed by atoms with van der Waals surface area (Å²) in [6.07, 6.45) is 2.91. The molecule has 0 aliphatic rings. The van der Waals surface area contributed by atoms with Gasteiger partial charge in [-0.1, -0.05) is 18.3 Å². The third-order valence-corrected chi connectivity index (χ3v) is 2.43. The van der Waals surface area contributed by atoms with Gasteiger partial charge in [-0.15, -0.1) is 0 Å². The van der Waals surface area contributed by atoms with Crippen LogP contribution in [0.25, 0.3) is 10.3 Å². The van der Waals surface area contributed by atoms with Crippen molar-refractivity contribution < 1.29 is 0 Å². The van der Waals surface area contributed by atoms with E-state index in [4.69, 9.17) is 0 Å². The standard InChI is InChI=1S/C9H10N3S/c1-2-4-10-7-3-5-11-9-8(7)12-6-13-9/h3,5H,2,4H2,1H3,(H,10,11). The molecule has 67 valence electrons. The molecule has 0 aliphatic carbocycles. The highest BCUT2D eigenvalue weighted by Crippen LogP contribution is 2.22. The second kappa shape index (κ2) is 3.70. The van der Waals surface area contributed by atoms with E-state index in [0.29, 0.717) is 0 Å². The molecule has 0 spiro atoms. The van der Waals surface area contributed by atoms with Crippen LogP contribution in [0.1, 0.15) is 13.3 Å². The quantitative estimate of drug-likeness (QED) is 0.811. The predicted molar refractivity (Wildman–Crippen MR) is 55.0 cm³/mol. The van der Waals surface area contributed by atoms with Gasteiger partial charge in [0.05, 0.1) is 5.69 Å². The number of rotatable bonds is 3. The molecule has 4 heteroatoms. The first kappa shape index (κ1) is 8.44. The molecule has 1 radical (unpaired) electrons. The summed E-state index contributed by atoms with van der Waals surface area (Å²) >= 11 is 1.45. The summed E-state index contributed by atoms with van der Waals surface area (Å²) in [5.41, 5.74) is 4.83. The van der Waals surface area contributed by atoms with E-state index in [1.165, 1.54) is 11.3 Å². The fraction of sp³-hybridized carbons (Fsp3) is 0.333. The number of hydrogen-bond acceptors (Lipinski definition) is 4. The highest BCUT2D eigenvalue weighted by Gasteiger charge is 2.02. The molecule has 0 aliphatic heterocycles. The zero-order valence-corrected chi connectivity index (χ0v) is 8.19. The van der Waals surface area contributed by atoms with Crippen LogP contribution < -0.4 is 5.32 Å². The van der Waals surface area contributed by atoms with E-state index in [1.807, 2.05) is 6.07 Å². The Kier molecular flexibility index (Phi) is 2.40. The topological polar surface area (TPSA) is 37.8 Å². The summed E-state index contributed by atoms with van der Waals surface area (Å²) in [5, 5.41) is 3.31. The van der Waals surface area contributed by atoms with Gasteiger partial charge in [-0.25, -0.2) is 9.97 Å². The number of pyridine rings is 1. The summed E-state index contributed by atoms with van der Waals surface area (Å²) in [6, 6.07) is 1.95. The van der Waals surface area contributed by atoms with E-state index in [0.717, 1.165) is 29.0 Å². The Labute approximate surface area is 80.8 Å². The minimum atomic E-state index is 0.931. The third-order valence-electron chi connectivity index (χ3n) is 1.76. The Bertz CT molecular complexity index is 396. The van der Waals surface area contributed by atoms with E-state index in [2.05, 4.69) is 27.7 Å². The molecule has 2 aromatic rings. The van der Waals surface area contributed by atoms with Gasteiger partial charge in [0.1, 0.15) is 10.3 Å². The molecule has 0 atom stereocenters. The van der Waals surface area contributed by atoms with Crippen LogP contribution in [-0.2, 0) is 0 Å². The lowest BCUT2D eigenvalue weighted by atomic mass is 10.3. The van der Waals surface area contributed by atoms with Crippen molar-refractivity contribution in [1.82, 2.24) is 9.97 Å². The van der Waals surface area contributed by atoms with Gasteiger partial charge in [0.25, 0.3) is 0 Å². The van der Waals surface area contributed by atoms with Gasteiger partial charge in [-0.3, -0.25) is 0 Å². The van der Waals surface area contributed by atoms with Gasteiger partial charge >= 0.3 is 0 Å². The number of anilines is 1. The molecular weight excluding hydrogens is 182 g/mol. The van der Waals surface area contributed by atoms with Crippen LogP contribution in [0.5, 0.6) is 0 Å². The SMILES string of the molecule is CCCNc1ccnc2s[c]nc12. The van der Waals surface area contributed by atoms with E-state index < -0.39 is 0 Å². The largest absolute Gasteiger partial charge is 0.383 e. The molecule has 0 unspecified atom stereocenters. The second-order valence-electron chi connectivity index (χ2n) is 2.74. The average Bonchev–Trinajstić information content (AvgIpc) is 2.62. The molecule has 2 rings (SSSR count). The number of thiazole rings is 1. The van der Waals surface area contributed by atoms with Crippen molar-refractivity contribution in [3.05, 3.63) is 17.8 Å². The molecule has 2 heterocycles. The highest BCUT2D eigenvalue weighted by atomic mass is 32.1. The van der Waals surface area contributed by atoms with Gasteiger partial charge in [0.2, 0.25) is 0 Å². The van der Waals surface area contributed by atoms with Crippen molar-refractivity contribution in [2.45, 2.75) is 13.3 Å². The summed E-state index contributed by atoms with van der Waals surface area (Å²) < 4.78 is 0. The molecule has 0 bridgehead atoms. The van der Waals surface area contributed by atoms with Crippen molar-refractivity contribution in [3.8, 4) is 0 Å². The zero-order valence-electron chi connectivity index (χ0n) is 7.37. The van der Waals surface area contributed by atoms with Crippen molar-refractivity contribution in [3.63, 3.8) is 0 Å². The van der Waals surface area contributed by atoms with E-state index >= 15 is 0 Å². The molecule has 2 aromatic heterocycles. The third kappa shape index (κ3) is 1.62. The van der Waals surface area contributed by atoms with Gasteiger partial charge < -0.3 is 5.32 Å². The minimum absolute atomic E-state index is 0.931. The lowest BCUT2D eigenvalue weighted by Gasteiger charge is -2.03. The monoisotopic (exact) mass is 192 g/mol. The molecule has 0 saturated heterocycles. The molecule has 1 N–H and O–H groups in total. The van der Waals surface area contributed by atoms with Crippen LogP contribution in [0.3, 0.4) is 0 Å². The maximum absolute atomic E-state index is 4.19. The van der Waals surface area contributed by atoms with Crippen LogP contribution in [0.2, 0.25) is 0 Å². The number of nitrogens with zero attached hydrogens (tertiary/aromatic N) is 2. The predicted octanol–water partition coefficient (Wildman–Crippen LogP) is 2.31. The van der Waals surface area contributed by atoms with Crippen LogP contribution >= 0.6 is 11.3 Å². The fourth-order valence-electron chi connectivity index (χ4n) is 1.13. The lowest BCUT2D eigenvalue weighted by molar-refractivity contribution is 0.980. The van der Waals surface area contributed by atoms with Gasteiger partial charge in [0.15, 0.2) is 5.51 Å². The minimum Gasteiger partial charge on any atom is -0.383 e. The lowest BCUT2D eigenvalue weighted by Crippen LogP contribution is -2.00. The number of hydrogen-bond donors (Lipinski definition) is 1. The molecular formula is C9H10N3S. The Morgan fingerprint density at radius 1 is 1.62 bits per heavy atom. The maximum Gasteiger partial charge on any atom is 0.155 e. The van der Waals surface area contributed by atoms with Crippen molar-refractivity contribution >= 4 is 27.4 Å². The van der Waals surface area contributed by atoms with Gasteiger partial charge in [0, 0.05) is 12.7 Å². The summed E-state index contributed by atoms with van der Waals surface area (Å²) in [4.78, 5) is 9.28. The van der Waals surface area contributed by atoms with Crippen LogP contribution in [-0.4, -0.2) is 16.5 Å². The van der Waals surface area contributed by atoms with Gasteiger partial charge in [-0.2, -0.15) is 0 Å². The van der Waals surface area contributed by atoms with Gasteiger partial charge in [-0.05, 0) is 12.5 Å². The van der Waals surface area contributed by atoms with Crippen LogP contribution in [0.4, 0.5) is 5.69 Å². The smallest absolute Gasteiger partial charge is 0.155 e. The average molecular weight is 192 g/mol. The highest BCUT2D eigenvalue weighted by molar-refractivity contribution is 7.15. The molecule has 13 heavy (non-hydrogen) atoms. The summed E-state index contributed by atoms with van der Waals surface area (Å²) in [7, 11) is 0. The summed E-state index contributed by atoms with van der Waals surface area (Å²) in [5.74, 6) is 0. The second-order valence-corrected chi connectivity index (χ2v) is 3.52. The van der Waals surface area contributed by atoms with Crippen LogP contribution in [0, 0.1) is 5.51 Å². The molecule has 3 nitrogen and oxygen atoms in total. The first-order valence-electron chi connectivity index (χ1n) is 4.27. The van der Waals surface area contributed by atoms with Crippen LogP contribution in [0.15, 0.2) is 12.3 Å². The number of nitrogens with one attached hydrogen (secondary N) is 1. The number of aromatic nitrogens is 2. The summed E-state index contributed by atoms with van der Waals surface area (Å²) in [6.45, 7) is 3.11. The zero-order chi connectivity index (χ0) is 9.10. The maximum atomic E-state index is 4.19. The molecule has 0 saturated carbocycles. The Morgan fingerprint density at radius 2 is 2.54 bits per heavy atom. The first-order valence-corrected chi connectivity index (χ1v) is 5.09. The molecule has 0 aromatic carbocycles. The normalized spacial score (nSPS) is 10.5. The van der Waals surface area contributed by atoms with E-state index in [-0.39, 0.29) is 0 Å². The van der Waals surface area contributed by atoms with E-state index in [1.54, 1.807) is 6.20 Å². The Balaban J connectivity index is 2.37. The van der Waals surface area contributed by atoms with Crippen molar-refractivity contribution in [1.29, 1.82) is 0 Å². The molecule has 0 fully saturated rings. The number of fused-ring (bicyclic) bond motifs is 1.